The second-order valence-corrected chi connectivity index (χ2v) is 3.29. The summed E-state index contributed by atoms with van der Waals surface area (Å²) in [5.41, 5.74) is 0. The van der Waals surface area contributed by atoms with Crippen molar-refractivity contribution in [1.29, 1.82) is 0 Å². The van der Waals surface area contributed by atoms with Crippen molar-refractivity contribution in [3.8, 4) is 0 Å². The van der Waals surface area contributed by atoms with Gasteiger partial charge in [0, 0.05) is 13.1 Å². The van der Waals surface area contributed by atoms with Gasteiger partial charge in [0.25, 0.3) is 0 Å². The van der Waals surface area contributed by atoms with Crippen LogP contribution in [0.1, 0.15) is 12.8 Å². The molecule has 6 nitrogen and oxygen atoms in total. The van der Waals surface area contributed by atoms with Gasteiger partial charge in [-0.3, -0.25) is 0 Å². The van der Waals surface area contributed by atoms with E-state index >= 15 is 0 Å². The topological polar surface area (TPSA) is 67.7 Å². The highest BCUT2D eigenvalue weighted by Gasteiger charge is 2.14. The van der Waals surface area contributed by atoms with Crippen LogP contribution in [-0.2, 0) is 7.05 Å². The Balaban J connectivity index is 1.93. The largest absolute Gasteiger partial charge is 0.350 e. The predicted octanol–water partition coefficient (Wildman–Crippen LogP) is -0.626. The Hall–Kier alpha value is -1.17. The van der Waals surface area contributed by atoms with E-state index in [0.29, 0.717) is 6.04 Å². The standard InChI is InChI=1S/C7H14N6/c1-13-7(10-11-12-13)9-6-2-4-8-5-3-6/h6,8H,2-5H2,1H3,(H,9,10,12). The van der Waals surface area contributed by atoms with E-state index in [1.165, 1.54) is 0 Å². The molecule has 1 aromatic rings. The van der Waals surface area contributed by atoms with Crippen molar-refractivity contribution in [2.45, 2.75) is 18.9 Å². The quantitative estimate of drug-likeness (QED) is 0.637. The molecule has 1 aliphatic rings. The van der Waals surface area contributed by atoms with Gasteiger partial charge in [0.15, 0.2) is 0 Å². The normalized spacial score (nSPS) is 18.8. The van der Waals surface area contributed by atoms with E-state index in [-0.39, 0.29) is 0 Å². The van der Waals surface area contributed by atoms with Crippen LogP contribution in [0.15, 0.2) is 0 Å². The van der Waals surface area contributed by atoms with Gasteiger partial charge in [-0.25, -0.2) is 4.68 Å². The van der Waals surface area contributed by atoms with Crippen molar-refractivity contribution in [3.63, 3.8) is 0 Å². The minimum absolute atomic E-state index is 0.506. The van der Waals surface area contributed by atoms with Crippen molar-refractivity contribution < 1.29 is 0 Å². The van der Waals surface area contributed by atoms with Crippen LogP contribution in [0, 0.1) is 0 Å². The summed E-state index contributed by atoms with van der Waals surface area (Å²) in [5, 5.41) is 17.8. The molecule has 0 aliphatic carbocycles. The molecule has 1 fully saturated rings. The van der Waals surface area contributed by atoms with Crippen LogP contribution in [0.5, 0.6) is 0 Å². The van der Waals surface area contributed by atoms with Crippen molar-refractivity contribution in [2.24, 2.45) is 7.05 Å². The fourth-order valence-corrected chi connectivity index (χ4v) is 1.50. The van der Waals surface area contributed by atoms with Gasteiger partial charge >= 0.3 is 0 Å². The van der Waals surface area contributed by atoms with E-state index < -0.39 is 0 Å². The monoisotopic (exact) mass is 182 g/mol. The second kappa shape index (κ2) is 3.69. The molecule has 0 atom stereocenters. The molecule has 0 spiro atoms. The van der Waals surface area contributed by atoms with Crippen molar-refractivity contribution >= 4 is 5.95 Å². The molecule has 2 N–H and O–H groups in total. The molecular weight excluding hydrogens is 168 g/mol. The molecule has 0 saturated carbocycles. The Morgan fingerprint density at radius 3 is 2.85 bits per heavy atom. The molecule has 0 radical (unpaired) electrons. The zero-order chi connectivity index (χ0) is 9.10. The smallest absolute Gasteiger partial charge is 0.242 e. The first kappa shape index (κ1) is 8.43. The average molecular weight is 182 g/mol. The van der Waals surface area contributed by atoms with Crippen LogP contribution >= 0.6 is 0 Å². The molecule has 0 bridgehead atoms. The van der Waals surface area contributed by atoms with E-state index in [1.807, 2.05) is 7.05 Å². The maximum absolute atomic E-state index is 3.88. The summed E-state index contributed by atoms with van der Waals surface area (Å²) in [4.78, 5) is 0. The first-order valence-corrected chi connectivity index (χ1v) is 4.56. The van der Waals surface area contributed by atoms with Gasteiger partial charge < -0.3 is 10.6 Å². The highest BCUT2D eigenvalue weighted by Crippen LogP contribution is 2.08. The lowest BCUT2D eigenvalue weighted by atomic mass is 10.1. The third-order valence-electron chi connectivity index (χ3n) is 2.29. The Bertz CT molecular complexity index is 264. The highest BCUT2D eigenvalue weighted by atomic mass is 15.6. The second-order valence-electron chi connectivity index (χ2n) is 3.29. The van der Waals surface area contributed by atoms with Crippen molar-refractivity contribution in [2.75, 3.05) is 18.4 Å². The third-order valence-corrected chi connectivity index (χ3v) is 2.29. The molecule has 6 heteroatoms. The number of anilines is 1. The van der Waals surface area contributed by atoms with Crippen LogP contribution in [0.3, 0.4) is 0 Å². The third kappa shape index (κ3) is 1.95. The molecule has 1 aromatic heterocycles. The molecule has 0 unspecified atom stereocenters. The summed E-state index contributed by atoms with van der Waals surface area (Å²) >= 11 is 0. The molecule has 0 amide bonds. The Kier molecular flexibility index (Phi) is 2.40. The summed E-state index contributed by atoms with van der Waals surface area (Å²) < 4.78 is 1.65. The van der Waals surface area contributed by atoms with Gasteiger partial charge in [0.1, 0.15) is 0 Å². The maximum Gasteiger partial charge on any atom is 0.242 e. The molecule has 2 rings (SSSR count). The zero-order valence-electron chi connectivity index (χ0n) is 7.69. The Labute approximate surface area is 76.7 Å². The van der Waals surface area contributed by atoms with Gasteiger partial charge in [-0.15, -0.1) is 0 Å². The maximum atomic E-state index is 3.88. The Morgan fingerprint density at radius 2 is 2.23 bits per heavy atom. The highest BCUT2D eigenvalue weighted by molar-refractivity contribution is 5.23. The lowest BCUT2D eigenvalue weighted by Gasteiger charge is -2.23. The number of tetrazole rings is 1. The summed E-state index contributed by atoms with van der Waals surface area (Å²) in [6.45, 7) is 2.14. The van der Waals surface area contributed by atoms with Crippen molar-refractivity contribution in [3.05, 3.63) is 0 Å². The van der Waals surface area contributed by atoms with Crippen LogP contribution in [-0.4, -0.2) is 39.3 Å². The minimum Gasteiger partial charge on any atom is -0.350 e. The first-order chi connectivity index (χ1) is 6.36. The van der Waals surface area contributed by atoms with Gasteiger partial charge in [0.2, 0.25) is 5.95 Å². The van der Waals surface area contributed by atoms with Crippen LogP contribution in [0.2, 0.25) is 0 Å². The number of rotatable bonds is 2. The summed E-state index contributed by atoms with van der Waals surface area (Å²) in [6, 6.07) is 0.506. The van der Waals surface area contributed by atoms with E-state index in [0.717, 1.165) is 31.9 Å². The molecule has 0 aromatic carbocycles. The van der Waals surface area contributed by atoms with E-state index in [4.69, 9.17) is 0 Å². The lowest BCUT2D eigenvalue weighted by Crippen LogP contribution is -2.35. The molecular formula is C7H14N6. The molecule has 1 aliphatic heterocycles. The van der Waals surface area contributed by atoms with Gasteiger partial charge in [-0.2, -0.15) is 0 Å². The fourth-order valence-electron chi connectivity index (χ4n) is 1.50. The summed E-state index contributed by atoms with van der Waals surface area (Å²) in [5.74, 6) is 0.756. The molecule has 13 heavy (non-hydrogen) atoms. The van der Waals surface area contributed by atoms with Gasteiger partial charge in [-0.1, -0.05) is 5.10 Å². The number of nitrogens with one attached hydrogen (secondary N) is 2. The molecule has 1 saturated heterocycles. The summed E-state index contributed by atoms with van der Waals surface area (Å²) in [6.07, 6.45) is 2.26. The van der Waals surface area contributed by atoms with Crippen LogP contribution < -0.4 is 10.6 Å². The zero-order valence-corrected chi connectivity index (χ0v) is 7.69. The number of hydrogen-bond acceptors (Lipinski definition) is 5. The first-order valence-electron chi connectivity index (χ1n) is 4.56. The van der Waals surface area contributed by atoms with E-state index in [9.17, 15) is 0 Å². The van der Waals surface area contributed by atoms with Crippen molar-refractivity contribution in [1.82, 2.24) is 25.5 Å². The lowest BCUT2D eigenvalue weighted by molar-refractivity contribution is 0.475. The average Bonchev–Trinajstić information content (AvgIpc) is 2.54. The SMILES string of the molecule is Cn1nnnc1NC1CCNCC1. The minimum atomic E-state index is 0.506. The van der Waals surface area contributed by atoms with E-state index in [2.05, 4.69) is 26.2 Å². The summed E-state index contributed by atoms with van der Waals surface area (Å²) in [7, 11) is 1.84. The number of nitrogens with zero attached hydrogens (tertiary/aromatic N) is 4. The van der Waals surface area contributed by atoms with Crippen LogP contribution in [0.4, 0.5) is 5.95 Å². The number of hydrogen-bond donors (Lipinski definition) is 2. The Morgan fingerprint density at radius 1 is 1.46 bits per heavy atom. The number of aromatic nitrogens is 4. The molecule has 2 heterocycles. The number of piperidine rings is 1. The number of aryl methyl sites for hydroxylation is 1. The predicted molar refractivity (Wildman–Crippen MR) is 48.3 cm³/mol. The van der Waals surface area contributed by atoms with E-state index in [1.54, 1.807) is 4.68 Å². The van der Waals surface area contributed by atoms with Crippen LogP contribution in [0.25, 0.3) is 0 Å². The molecule has 72 valence electrons. The fraction of sp³-hybridized carbons (Fsp3) is 0.857. The van der Waals surface area contributed by atoms with Gasteiger partial charge in [-0.05, 0) is 36.4 Å². The van der Waals surface area contributed by atoms with Gasteiger partial charge in [0.05, 0.1) is 0 Å².